The van der Waals surface area contributed by atoms with Crippen LogP contribution in [0.15, 0.2) is 94.5 Å². The van der Waals surface area contributed by atoms with Crippen LogP contribution in [0, 0.1) is 132 Å². The molecular formula is C99H92Cl3F6N23O2. The molecule has 13 heterocycles. The van der Waals surface area contributed by atoms with E-state index in [1.165, 1.54) is 101 Å². The van der Waals surface area contributed by atoms with Crippen LogP contribution in [0.3, 0.4) is 0 Å². The number of furan rings is 2. The van der Waals surface area contributed by atoms with Crippen molar-refractivity contribution in [1.29, 1.82) is 0 Å². The molecule has 8 atom stereocenters. The van der Waals surface area contributed by atoms with Crippen molar-refractivity contribution in [2.45, 2.75) is 192 Å². The quantitative estimate of drug-likeness (QED) is 0.0329. The van der Waals surface area contributed by atoms with Crippen LogP contribution in [0.2, 0.25) is 15.1 Å². The summed E-state index contributed by atoms with van der Waals surface area (Å²) in [6, 6.07) is 14.3. The molecule has 133 heavy (non-hydrogen) atoms. The molecule has 13 aromatic heterocycles. The van der Waals surface area contributed by atoms with Crippen LogP contribution in [-0.4, -0.2) is 99.8 Å². The maximum Gasteiger partial charge on any atom is 0.228 e. The van der Waals surface area contributed by atoms with Crippen LogP contribution in [0.1, 0.15) is 179 Å². The zero-order valence-electron chi connectivity index (χ0n) is 73.0. The van der Waals surface area contributed by atoms with Crippen LogP contribution in [0.25, 0.3) is 132 Å². The number of pyridine rings is 7. The number of anilines is 4. The van der Waals surface area contributed by atoms with Gasteiger partial charge in [0.05, 0.1) is 111 Å². The van der Waals surface area contributed by atoms with Crippen LogP contribution >= 0.6 is 34.8 Å². The molecule has 14 aromatic rings. The van der Waals surface area contributed by atoms with Gasteiger partial charge in [-0.1, -0.05) is 62.5 Å². The largest absolute Gasteiger partial charge is 0.466 e. The average Bonchev–Trinajstić information content (AvgIpc) is 1.65. The van der Waals surface area contributed by atoms with Gasteiger partial charge in [-0.2, -0.15) is 20.4 Å². The molecule has 678 valence electrons. The number of nitrogens with zero attached hydrogens (tertiary/aromatic N) is 15. The summed E-state index contributed by atoms with van der Waals surface area (Å²) in [6.45, 7) is 40.4. The van der Waals surface area contributed by atoms with E-state index in [9.17, 15) is 8.78 Å². The summed E-state index contributed by atoms with van der Waals surface area (Å²) in [5.74, 6) is 3.94. The third-order valence-electron chi connectivity index (χ3n) is 30.9. The second kappa shape index (κ2) is 35.4. The number of hydrogen-bond donors (Lipinski definition) is 8. The van der Waals surface area contributed by atoms with Crippen LogP contribution in [0.5, 0.6) is 0 Å². The number of rotatable bonds is 16. The summed E-state index contributed by atoms with van der Waals surface area (Å²) in [5.41, 5.74) is 5.68. The lowest BCUT2D eigenvalue weighted by atomic mass is 9.62. The molecule has 14 aliphatic carbocycles. The highest BCUT2D eigenvalue weighted by Crippen LogP contribution is 2.57. The first kappa shape index (κ1) is 87.0. The fourth-order valence-corrected chi connectivity index (χ4v) is 24.1. The van der Waals surface area contributed by atoms with Crippen molar-refractivity contribution in [3.63, 3.8) is 0 Å². The van der Waals surface area contributed by atoms with Crippen LogP contribution in [-0.2, 0) is 0 Å². The zero-order valence-corrected chi connectivity index (χ0v) is 75.3. The van der Waals surface area contributed by atoms with Gasteiger partial charge in [-0.3, -0.25) is 20.4 Å². The van der Waals surface area contributed by atoms with E-state index in [0.717, 1.165) is 70.3 Å². The Bertz CT molecular complexity index is 6830. The number of H-pyrrole nitrogens is 4. The van der Waals surface area contributed by atoms with Crippen molar-refractivity contribution in [3.05, 3.63) is 192 Å². The standard InChI is InChI=1S/2C25H22ClFN6O.C25H24F3N5.C24H24ClFN6/c2*1-12-13-5-7-14(8-6-13)20(12)30-25-19(27)18(17-4-3-9-34-17)22(28-2)23(31-25)21-16-10-15(26)11-29-24(16)33-32-21;1-11-12-3-7-14(8-4-12)20(11)30-25-19(28)18(13-5-6-13)23(29-2)24(31-25)22-16-9-15(26)10-17(27)21(16)32-33-22;1-11-12-3-7-14(8-4-12)19(11)29-24-18(26)17(13-5-6-13)21(27-2)22(30-24)20-16-9-15(25)10-28-23(16)32-31-20/h2*3-4,9-14,20H,5-8H2,1H3,(H,30,31)(H,29,32,33);9-14,20H,3-8H2,1H3,(H,30,31)(H,32,33);9-14,19H,3-8H2,1H3,(H,29,30)(H,28,31,32)/t2*12-,13?,14?,20+;11-,12?,14?,20+;11-,12?,14?,19+/m1001/s1. The number of halogens is 9. The molecule has 14 saturated carbocycles. The van der Waals surface area contributed by atoms with Gasteiger partial charge in [-0.05, 0) is 260 Å². The van der Waals surface area contributed by atoms with Gasteiger partial charge in [0.2, 0.25) is 22.7 Å². The van der Waals surface area contributed by atoms with E-state index >= 15 is 17.6 Å². The second-order valence-electron chi connectivity index (χ2n) is 38.0. The average molecular weight is 1860 g/mol. The normalized spacial score (nSPS) is 25.2. The summed E-state index contributed by atoms with van der Waals surface area (Å²) in [7, 11) is 0. The Kier molecular flexibility index (Phi) is 23.1. The van der Waals surface area contributed by atoms with Crippen molar-refractivity contribution in [3.8, 4) is 68.2 Å². The first-order chi connectivity index (χ1) is 64.6. The second-order valence-corrected chi connectivity index (χ2v) is 39.3. The molecule has 0 spiro atoms. The minimum absolute atomic E-state index is 0.0332. The number of aromatic nitrogens is 15. The number of fused-ring (bicyclic) bond motifs is 16. The lowest BCUT2D eigenvalue weighted by Gasteiger charge is -2.47. The lowest BCUT2D eigenvalue weighted by molar-refractivity contribution is 0.0926. The molecule has 0 amide bonds. The van der Waals surface area contributed by atoms with E-state index in [2.05, 4.69) is 139 Å². The van der Waals surface area contributed by atoms with E-state index in [1.807, 2.05) is 0 Å². The maximum atomic E-state index is 16.0. The molecule has 34 heteroatoms. The SMILES string of the molecule is [C-]#[N+]c1c(-c2[nH]nc3c(F)cc(F)cc23)nc(N[C@H]2C3CCC(CC3)[C@@H]2C)c(F)c1C1CC1.[C-]#[N+]c1c(-c2[nH]nc3ncc(Cl)cc23)nc(N[C@@H]2C3CCC(CC3)[C@H]2C)c(F)c1-c1ccco1.[C-]#[N+]c1c(-c2[nH]nc3ncc(Cl)cc23)nc(N[C@@H]2C3CCC(CC3)[C@H]2C)c(F)c1C1CC1.[C-]#[N+]c1c(-c2[nH]nc3ncc(Cl)cc23)nc(N[C@H]2C3CCC(CC3)[C@@H]2C)c(F)c1-c1ccco1. The van der Waals surface area contributed by atoms with Crippen LogP contribution < -0.4 is 21.3 Å². The third kappa shape index (κ3) is 15.8. The summed E-state index contributed by atoms with van der Waals surface area (Å²) >= 11 is 18.6. The molecule has 8 bridgehead atoms. The van der Waals surface area contributed by atoms with Gasteiger partial charge in [0, 0.05) is 81.5 Å². The van der Waals surface area contributed by atoms with Crippen molar-refractivity contribution < 1.29 is 35.2 Å². The monoisotopic (exact) mass is 1850 g/mol. The molecule has 0 radical (unpaired) electrons. The Hall–Kier alpha value is -12.7. The smallest absolute Gasteiger partial charge is 0.228 e. The molecule has 25 nitrogen and oxygen atoms in total. The molecule has 14 fully saturated rings. The number of nitrogens with one attached hydrogen (secondary N) is 8. The van der Waals surface area contributed by atoms with E-state index in [0.29, 0.717) is 153 Å². The highest BCUT2D eigenvalue weighted by molar-refractivity contribution is 6.32. The summed E-state index contributed by atoms with van der Waals surface area (Å²) < 4.78 is 103. The predicted molar refractivity (Wildman–Crippen MR) is 498 cm³/mol. The Labute approximate surface area is 776 Å². The van der Waals surface area contributed by atoms with Gasteiger partial charge < -0.3 is 30.1 Å². The fraction of sp³-hybridized carbons (Fsp3) is 0.424. The van der Waals surface area contributed by atoms with Crippen LogP contribution in [0.4, 0.5) is 72.4 Å². The van der Waals surface area contributed by atoms with Crippen molar-refractivity contribution in [2.75, 3.05) is 21.3 Å². The summed E-state index contributed by atoms with van der Waals surface area (Å²) in [4.78, 5) is 46.0. The molecular weight excluding hydrogens is 1760 g/mol. The Morgan fingerprint density at radius 1 is 0.361 bits per heavy atom. The van der Waals surface area contributed by atoms with E-state index in [-0.39, 0.29) is 144 Å². The molecule has 0 saturated heterocycles. The number of aromatic amines is 4. The van der Waals surface area contributed by atoms with Crippen molar-refractivity contribution in [2.24, 2.45) is 71.0 Å². The fourth-order valence-electron chi connectivity index (χ4n) is 23.6. The van der Waals surface area contributed by atoms with Crippen molar-refractivity contribution in [1.82, 2.24) is 75.7 Å². The topological polar surface area (TPSA) is 297 Å². The molecule has 28 rings (SSSR count). The van der Waals surface area contributed by atoms with Gasteiger partial charge >= 0.3 is 0 Å². The van der Waals surface area contributed by atoms with Gasteiger partial charge in [0.25, 0.3) is 0 Å². The van der Waals surface area contributed by atoms with E-state index in [1.54, 1.807) is 42.5 Å². The van der Waals surface area contributed by atoms with Gasteiger partial charge in [-0.15, -0.1) is 0 Å². The Morgan fingerprint density at radius 3 is 0.947 bits per heavy atom. The molecule has 1 aromatic carbocycles. The number of benzene rings is 1. The Morgan fingerprint density at radius 2 is 0.654 bits per heavy atom. The summed E-state index contributed by atoms with van der Waals surface area (Å²) in [5, 5.41) is 45.5. The maximum absolute atomic E-state index is 16.0. The molecule has 14 aliphatic rings. The van der Waals surface area contributed by atoms with Gasteiger partial charge in [0.1, 0.15) is 22.9 Å². The van der Waals surface area contributed by atoms with Crippen molar-refractivity contribution >= 4 is 125 Å². The Balaban J connectivity index is 0.000000107. The summed E-state index contributed by atoms with van der Waals surface area (Å²) in [6.07, 6.45) is 29.9. The third-order valence-corrected chi connectivity index (χ3v) is 31.5. The molecule has 8 N–H and O–H groups in total. The lowest BCUT2D eigenvalue weighted by Crippen LogP contribution is -2.47. The minimum atomic E-state index is -0.799. The minimum Gasteiger partial charge on any atom is -0.466 e. The highest BCUT2D eigenvalue weighted by Gasteiger charge is 2.48. The predicted octanol–water partition coefficient (Wildman–Crippen LogP) is 26.9. The molecule has 0 aliphatic heterocycles. The van der Waals surface area contributed by atoms with E-state index < -0.39 is 29.1 Å². The number of hydrogen-bond acceptors (Lipinski definition) is 17. The first-order valence-electron chi connectivity index (χ1n) is 46.0. The molecule has 0 unspecified atom stereocenters. The van der Waals surface area contributed by atoms with E-state index in [4.69, 9.17) is 74.9 Å². The highest BCUT2D eigenvalue weighted by atomic mass is 35.5. The van der Waals surface area contributed by atoms with Gasteiger partial charge in [0.15, 0.2) is 69.3 Å². The first-order valence-corrected chi connectivity index (χ1v) is 47.1. The zero-order chi connectivity index (χ0) is 91.6. The van der Waals surface area contributed by atoms with Gasteiger partial charge in [-0.25, -0.2) is 80.6 Å².